The van der Waals surface area contributed by atoms with Gasteiger partial charge >= 0.3 is 6.01 Å². The zero-order valence-electron chi connectivity index (χ0n) is 42.3. The molecule has 5 aromatic carbocycles. The zero-order valence-corrected chi connectivity index (χ0v) is 42.3. The summed E-state index contributed by atoms with van der Waals surface area (Å²) in [6, 6.07) is 42.9. The largest absolute Gasteiger partial charge is 0.507 e. The molecule has 0 aliphatic rings. The third-order valence-corrected chi connectivity index (χ3v) is 12.9. The van der Waals surface area contributed by atoms with Crippen LogP contribution in [0.2, 0.25) is 0 Å². The summed E-state index contributed by atoms with van der Waals surface area (Å²) in [5.74, 6) is 2.32. The van der Waals surface area contributed by atoms with Gasteiger partial charge in [-0.3, -0.25) is 0 Å². The second-order valence-corrected chi connectivity index (χ2v) is 20.5. The lowest BCUT2D eigenvalue weighted by atomic mass is 9.78. The Balaban J connectivity index is 1.49. The van der Waals surface area contributed by atoms with Gasteiger partial charge < -0.3 is 25.0 Å². The third-order valence-electron chi connectivity index (χ3n) is 12.9. The Kier molecular flexibility index (Phi) is 17.9. The first-order chi connectivity index (χ1) is 32.2. The number of anilines is 6. The first-order valence-corrected chi connectivity index (χ1v) is 25.0. The quantitative estimate of drug-likeness (QED) is 0.0658. The number of benzene rings is 5. The molecule has 1 heterocycles. The van der Waals surface area contributed by atoms with Crippen LogP contribution in [0, 0.1) is 11.8 Å². The van der Waals surface area contributed by atoms with Gasteiger partial charge in [0.2, 0.25) is 11.9 Å². The van der Waals surface area contributed by atoms with E-state index in [1.165, 1.54) is 11.1 Å². The minimum atomic E-state index is -0.279. The fraction of sp³-hybridized carbons (Fsp3) is 0.441. The molecule has 0 amide bonds. The number of nitrogens with zero attached hydrogens (tertiary/aromatic N) is 5. The summed E-state index contributed by atoms with van der Waals surface area (Å²) >= 11 is 0. The van der Waals surface area contributed by atoms with Gasteiger partial charge in [0.1, 0.15) is 12.4 Å². The Bertz CT molecular complexity index is 2250. The highest BCUT2D eigenvalue weighted by molar-refractivity contribution is 5.67. The highest BCUT2D eigenvalue weighted by atomic mass is 16.5. The van der Waals surface area contributed by atoms with E-state index in [1.54, 1.807) is 0 Å². The van der Waals surface area contributed by atoms with Crippen LogP contribution in [-0.2, 0) is 23.9 Å². The Hall–Kier alpha value is -5.89. The summed E-state index contributed by atoms with van der Waals surface area (Å²) in [4.78, 5) is 20.5. The lowest BCUT2D eigenvalue weighted by Crippen LogP contribution is -2.30. The van der Waals surface area contributed by atoms with Gasteiger partial charge in [0.15, 0.2) is 0 Å². The van der Waals surface area contributed by atoms with Crippen LogP contribution < -0.4 is 19.9 Å². The monoisotopic (exact) mass is 903 g/mol. The summed E-state index contributed by atoms with van der Waals surface area (Å²) in [6.45, 7) is 23.7. The molecule has 67 heavy (non-hydrogen) atoms. The van der Waals surface area contributed by atoms with E-state index in [2.05, 4.69) is 187 Å². The summed E-state index contributed by atoms with van der Waals surface area (Å²) in [6.07, 6.45) is 9.79. The van der Waals surface area contributed by atoms with Gasteiger partial charge in [-0.1, -0.05) is 168 Å². The van der Waals surface area contributed by atoms with Crippen LogP contribution >= 0.6 is 0 Å². The van der Waals surface area contributed by atoms with Crippen LogP contribution in [0.15, 0.2) is 121 Å². The number of aromatic hydroxyl groups is 1. The predicted octanol–water partition coefficient (Wildman–Crippen LogP) is 15.8. The van der Waals surface area contributed by atoms with E-state index in [0.717, 1.165) is 110 Å². The number of para-hydroxylation sites is 1. The normalized spacial score (nSPS) is 12.7. The number of hydrogen-bond donors (Lipinski definition) is 2. The third kappa shape index (κ3) is 14.3. The van der Waals surface area contributed by atoms with Gasteiger partial charge in [-0.05, 0) is 130 Å². The zero-order chi connectivity index (χ0) is 48.0. The number of rotatable bonds is 23. The summed E-state index contributed by atoms with van der Waals surface area (Å²) in [5, 5.41) is 15.1. The summed E-state index contributed by atoms with van der Waals surface area (Å²) in [5.41, 5.74) is 8.81. The van der Waals surface area contributed by atoms with Crippen molar-refractivity contribution < 1.29 is 9.84 Å². The summed E-state index contributed by atoms with van der Waals surface area (Å²) < 4.78 is 6.78. The van der Waals surface area contributed by atoms with Crippen LogP contribution in [0.3, 0.4) is 0 Å². The molecule has 0 radical (unpaired) electrons. The van der Waals surface area contributed by atoms with Gasteiger partial charge in [0, 0.05) is 35.8 Å². The molecule has 0 aliphatic carbocycles. The van der Waals surface area contributed by atoms with Crippen molar-refractivity contribution in [2.45, 2.75) is 144 Å². The maximum absolute atomic E-state index is 11.6. The lowest BCUT2D eigenvalue weighted by Gasteiger charge is -2.31. The molecule has 8 nitrogen and oxygen atoms in total. The van der Waals surface area contributed by atoms with Crippen molar-refractivity contribution in [3.05, 3.63) is 149 Å². The van der Waals surface area contributed by atoms with Gasteiger partial charge in [0.25, 0.3) is 0 Å². The topological polar surface area (TPSA) is 86.6 Å². The van der Waals surface area contributed by atoms with Gasteiger partial charge in [-0.2, -0.15) is 15.0 Å². The van der Waals surface area contributed by atoms with E-state index in [-0.39, 0.29) is 23.4 Å². The van der Waals surface area contributed by atoms with Crippen molar-refractivity contribution in [2.24, 2.45) is 11.8 Å². The second kappa shape index (κ2) is 23.7. The van der Waals surface area contributed by atoms with Gasteiger partial charge in [0.05, 0.1) is 0 Å². The molecule has 1 aromatic heterocycles. The number of ether oxygens (including phenoxy) is 1. The number of hydrogen-bond acceptors (Lipinski definition) is 8. The van der Waals surface area contributed by atoms with Crippen molar-refractivity contribution in [3.63, 3.8) is 0 Å². The molecule has 0 saturated heterocycles. The molecule has 8 heteroatoms. The van der Waals surface area contributed by atoms with Crippen molar-refractivity contribution >= 4 is 34.6 Å². The minimum absolute atomic E-state index is 0.228. The average Bonchev–Trinajstić information content (AvgIpc) is 3.32. The van der Waals surface area contributed by atoms with E-state index < -0.39 is 0 Å². The Morgan fingerprint density at radius 3 is 1.46 bits per heavy atom. The van der Waals surface area contributed by atoms with Crippen molar-refractivity contribution in [1.82, 2.24) is 15.0 Å². The maximum Gasteiger partial charge on any atom is 0.323 e. The Labute approximate surface area is 403 Å². The number of aromatic nitrogens is 3. The molecule has 356 valence electrons. The highest BCUT2D eigenvalue weighted by Crippen LogP contribution is 2.40. The molecule has 0 bridgehead atoms. The van der Waals surface area contributed by atoms with Gasteiger partial charge in [-0.15, -0.1) is 0 Å². The molecule has 6 aromatic rings. The van der Waals surface area contributed by atoms with E-state index in [0.29, 0.717) is 29.5 Å². The van der Waals surface area contributed by atoms with Crippen LogP contribution in [0.4, 0.5) is 34.6 Å². The fourth-order valence-electron chi connectivity index (χ4n) is 8.70. The Morgan fingerprint density at radius 1 is 0.552 bits per heavy atom. The molecule has 0 saturated carbocycles. The molecular weight excluding hydrogens is 825 g/mol. The van der Waals surface area contributed by atoms with Gasteiger partial charge in [-0.25, -0.2) is 0 Å². The van der Waals surface area contributed by atoms with E-state index in [1.807, 2.05) is 18.2 Å². The number of phenols is 1. The maximum atomic E-state index is 11.6. The Morgan fingerprint density at radius 2 is 1.00 bits per heavy atom. The first-order valence-electron chi connectivity index (χ1n) is 25.0. The molecule has 0 spiro atoms. The smallest absolute Gasteiger partial charge is 0.323 e. The number of phenolic OH excluding ortho intramolecular Hbond substituents is 1. The molecule has 0 fully saturated rings. The van der Waals surface area contributed by atoms with Crippen LogP contribution in [-0.4, -0.2) is 33.1 Å². The SMILES string of the molecule is CCCCC(CC)CN(c1ccc(Cc2ccccc2)cc1)c1nc(OCc2cc(C(C)(C)C)c(O)c(C(C)(C)C)c2)nc(N(CC(CC)CCCC)c2ccc(Nc3ccccc3)cc2)n1. The molecular formula is C59H78N6O2. The van der Waals surface area contributed by atoms with Crippen LogP contribution in [0.25, 0.3) is 0 Å². The second-order valence-electron chi connectivity index (χ2n) is 20.5. The first kappa shape index (κ1) is 50.5. The number of unbranched alkanes of at least 4 members (excludes halogenated alkanes) is 2. The van der Waals surface area contributed by atoms with Crippen molar-refractivity contribution in [3.8, 4) is 11.8 Å². The average molecular weight is 903 g/mol. The van der Waals surface area contributed by atoms with Crippen molar-refractivity contribution in [1.29, 1.82) is 0 Å². The predicted molar refractivity (Wildman–Crippen MR) is 282 cm³/mol. The van der Waals surface area contributed by atoms with E-state index >= 15 is 0 Å². The van der Waals surface area contributed by atoms with Crippen LogP contribution in [0.1, 0.15) is 148 Å². The minimum Gasteiger partial charge on any atom is -0.507 e. The number of nitrogens with one attached hydrogen (secondary N) is 1. The molecule has 0 aliphatic heterocycles. The summed E-state index contributed by atoms with van der Waals surface area (Å²) in [7, 11) is 0. The fourth-order valence-corrected chi connectivity index (χ4v) is 8.70. The van der Waals surface area contributed by atoms with Crippen LogP contribution in [0.5, 0.6) is 11.8 Å². The molecule has 2 atom stereocenters. The van der Waals surface area contributed by atoms with Crippen molar-refractivity contribution in [2.75, 3.05) is 28.2 Å². The molecule has 2 N–H and O–H groups in total. The lowest BCUT2D eigenvalue weighted by molar-refractivity contribution is 0.279. The van der Waals surface area contributed by atoms with E-state index in [9.17, 15) is 5.11 Å². The van der Waals surface area contributed by atoms with E-state index in [4.69, 9.17) is 19.7 Å². The molecule has 2 unspecified atom stereocenters. The highest BCUT2D eigenvalue weighted by Gasteiger charge is 2.28. The molecule has 6 rings (SSSR count). The standard InChI is InChI=1S/C59H78N6O2/c1-11-15-23-43(13-3)40-64(50-33-29-46(30-34-50)37-45-25-19-17-20-26-45)55-61-56(63-57(62-55)67-42-47-38-52(58(5,6)7)54(66)53(39-47)59(8,9)10)65(41-44(14-4)24-16-12-2)51-35-31-49(32-36-51)60-48-27-21-18-22-28-48/h17-22,25-36,38-39,43-44,60,66H,11-16,23-24,37,40-42H2,1-10H3.